The Kier molecular flexibility index (Phi) is 9.86. The van der Waals surface area contributed by atoms with Crippen LogP contribution in [0.3, 0.4) is 0 Å². The Morgan fingerprint density at radius 1 is 1.00 bits per heavy atom. The van der Waals surface area contributed by atoms with Crippen LogP contribution in [0.2, 0.25) is 0 Å². The molecule has 7 heteroatoms. The third-order valence-electron chi connectivity index (χ3n) is 6.55. The predicted molar refractivity (Wildman–Crippen MR) is 155 cm³/mol. The topological polar surface area (TPSA) is 70.5 Å². The largest absolute Gasteiger partial charge is 0.328 e. The van der Waals surface area contributed by atoms with Gasteiger partial charge in [0.25, 0.3) is 5.91 Å². The van der Waals surface area contributed by atoms with Gasteiger partial charge in [-0.3, -0.25) is 9.59 Å². The van der Waals surface area contributed by atoms with E-state index in [2.05, 4.69) is 33.0 Å². The number of rotatable bonds is 11. The number of nitrogens with zero attached hydrogens (tertiary/aromatic N) is 4. The first-order valence-corrected chi connectivity index (χ1v) is 13.5. The molecule has 0 bridgehead atoms. The fourth-order valence-electron chi connectivity index (χ4n) is 4.13. The minimum absolute atomic E-state index is 0.0476. The summed E-state index contributed by atoms with van der Waals surface area (Å²) >= 11 is 0. The first-order chi connectivity index (χ1) is 18.0. The lowest BCUT2D eigenvalue weighted by Crippen LogP contribution is -2.41. The van der Waals surface area contributed by atoms with Crippen molar-refractivity contribution in [3.05, 3.63) is 77.0 Å². The van der Waals surface area contributed by atoms with Crippen LogP contribution in [0.25, 0.3) is 5.69 Å². The highest BCUT2D eigenvalue weighted by atomic mass is 16.2. The number of nitrogens with one attached hydrogen (secondary N) is 1. The van der Waals surface area contributed by atoms with Crippen LogP contribution in [0.15, 0.2) is 54.6 Å². The van der Waals surface area contributed by atoms with Gasteiger partial charge in [0.05, 0.1) is 11.4 Å². The van der Waals surface area contributed by atoms with Crippen molar-refractivity contribution in [1.82, 2.24) is 19.6 Å². The highest BCUT2D eigenvalue weighted by Gasteiger charge is 2.24. The van der Waals surface area contributed by atoms with Crippen LogP contribution in [0.5, 0.6) is 0 Å². The average molecular weight is 518 g/mol. The van der Waals surface area contributed by atoms with Crippen molar-refractivity contribution in [2.45, 2.75) is 59.3 Å². The standard InChI is InChI=1S/C31H43N5O2/c1-8-9-13-24-15-17-25(18-16-24)30(38)35(20-19-34(6)7)22-29(37)32-28-21-27(31(3,4)5)33-36(28)26-14-11-10-12-23(26)2/h10-12,14-18,21H,8-9,13,19-20,22H2,1-7H3,(H,32,37). The lowest BCUT2D eigenvalue weighted by Gasteiger charge is -2.24. The second-order valence-corrected chi connectivity index (χ2v) is 11.2. The second kappa shape index (κ2) is 12.9. The molecular weight excluding hydrogens is 474 g/mol. The monoisotopic (exact) mass is 517 g/mol. The lowest BCUT2D eigenvalue weighted by atomic mass is 9.92. The Balaban J connectivity index is 1.83. The Morgan fingerprint density at radius 2 is 1.68 bits per heavy atom. The van der Waals surface area contributed by atoms with E-state index in [9.17, 15) is 9.59 Å². The van der Waals surface area contributed by atoms with Gasteiger partial charge in [-0.2, -0.15) is 5.10 Å². The van der Waals surface area contributed by atoms with Crippen LogP contribution in [0, 0.1) is 6.92 Å². The summed E-state index contributed by atoms with van der Waals surface area (Å²) in [6.45, 7) is 11.5. The van der Waals surface area contributed by atoms with Gasteiger partial charge in [-0.1, -0.05) is 64.4 Å². The van der Waals surface area contributed by atoms with Gasteiger partial charge in [0.15, 0.2) is 0 Å². The Labute approximate surface area is 227 Å². The average Bonchev–Trinajstić information content (AvgIpc) is 3.29. The number of likely N-dealkylation sites (N-methyl/N-ethyl adjacent to an activating group) is 1. The van der Waals surface area contributed by atoms with E-state index < -0.39 is 0 Å². The molecule has 0 unspecified atom stereocenters. The van der Waals surface area contributed by atoms with Crippen molar-refractivity contribution in [3.8, 4) is 5.69 Å². The number of carbonyl (C=O) groups excluding carboxylic acids is 2. The highest BCUT2D eigenvalue weighted by molar-refractivity contribution is 5.99. The van der Waals surface area contributed by atoms with Crippen LogP contribution < -0.4 is 5.32 Å². The summed E-state index contributed by atoms with van der Waals surface area (Å²) in [6.07, 6.45) is 3.26. The summed E-state index contributed by atoms with van der Waals surface area (Å²) in [5.41, 5.74) is 4.46. The molecule has 0 aliphatic heterocycles. The van der Waals surface area contributed by atoms with E-state index >= 15 is 0 Å². The maximum absolute atomic E-state index is 13.4. The van der Waals surface area contributed by atoms with Crippen LogP contribution in [-0.2, 0) is 16.6 Å². The van der Waals surface area contributed by atoms with E-state index in [-0.39, 0.29) is 23.8 Å². The van der Waals surface area contributed by atoms with Gasteiger partial charge < -0.3 is 15.1 Å². The molecule has 1 heterocycles. The molecule has 0 saturated heterocycles. The first kappa shape index (κ1) is 29.1. The number of carbonyl (C=O) groups is 2. The molecule has 0 atom stereocenters. The normalized spacial score (nSPS) is 11.6. The van der Waals surface area contributed by atoms with Crippen molar-refractivity contribution < 1.29 is 9.59 Å². The number of unbranched alkanes of at least 4 members (excludes halogenated alkanes) is 1. The van der Waals surface area contributed by atoms with Gasteiger partial charge in [-0.05, 0) is 63.2 Å². The Hall–Kier alpha value is -3.45. The number of hydrogen-bond acceptors (Lipinski definition) is 4. The fourth-order valence-corrected chi connectivity index (χ4v) is 4.13. The van der Waals surface area contributed by atoms with Gasteiger partial charge >= 0.3 is 0 Å². The molecule has 2 aromatic carbocycles. The summed E-state index contributed by atoms with van der Waals surface area (Å²) in [7, 11) is 3.92. The number of aryl methyl sites for hydroxylation is 2. The fraction of sp³-hybridized carbons (Fsp3) is 0.452. The number of para-hydroxylation sites is 1. The van der Waals surface area contributed by atoms with E-state index in [4.69, 9.17) is 5.10 Å². The molecule has 0 fully saturated rings. The van der Waals surface area contributed by atoms with Crippen molar-refractivity contribution in [1.29, 1.82) is 0 Å². The van der Waals surface area contributed by atoms with Crippen LogP contribution in [0.1, 0.15) is 67.7 Å². The molecule has 2 amide bonds. The van der Waals surface area contributed by atoms with Gasteiger partial charge in [0, 0.05) is 30.1 Å². The van der Waals surface area contributed by atoms with E-state index in [1.54, 1.807) is 9.58 Å². The van der Waals surface area contributed by atoms with Crippen molar-refractivity contribution in [2.24, 2.45) is 0 Å². The molecule has 1 aromatic heterocycles. The number of amides is 2. The van der Waals surface area contributed by atoms with Crippen molar-refractivity contribution in [3.63, 3.8) is 0 Å². The molecule has 0 aliphatic carbocycles. The maximum Gasteiger partial charge on any atom is 0.254 e. The van der Waals surface area contributed by atoms with Crippen molar-refractivity contribution in [2.75, 3.05) is 39.0 Å². The molecule has 0 aliphatic rings. The molecule has 3 rings (SSSR count). The molecular formula is C31H43N5O2. The summed E-state index contributed by atoms with van der Waals surface area (Å²) in [4.78, 5) is 30.4. The molecule has 0 spiro atoms. The number of benzene rings is 2. The Bertz CT molecular complexity index is 1220. The lowest BCUT2D eigenvalue weighted by molar-refractivity contribution is -0.117. The van der Waals surface area contributed by atoms with Crippen LogP contribution in [-0.4, -0.2) is 65.1 Å². The van der Waals surface area contributed by atoms with Crippen molar-refractivity contribution >= 4 is 17.6 Å². The summed E-state index contributed by atoms with van der Waals surface area (Å²) < 4.78 is 1.79. The summed E-state index contributed by atoms with van der Waals surface area (Å²) in [6, 6.07) is 17.6. The van der Waals surface area contributed by atoms with Crippen LogP contribution in [0.4, 0.5) is 5.82 Å². The predicted octanol–water partition coefficient (Wildman–Crippen LogP) is 5.46. The van der Waals surface area contributed by atoms with E-state index in [0.29, 0.717) is 24.5 Å². The molecule has 204 valence electrons. The van der Waals surface area contributed by atoms with E-state index in [1.807, 2.05) is 80.5 Å². The summed E-state index contributed by atoms with van der Waals surface area (Å²) in [5, 5.41) is 7.87. The van der Waals surface area contributed by atoms with Gasteiger partial charge in [-0.15, -0.1) is 0 Å². The second-order valence-electron chi connectivity index (χ2n) is 11.2. The third kappa shape index (κ3) is 7.78. The number of anilines is 1. The Morgan fingerprint density at radius 3 is 2.29 bits per heavy atom. The third-order valence-corrected chi connectivity index (χ3v) is 6.55. The molecule has 38 heavy (non-hydrogen) atoms. The quantitative estimate of drug-likeness (QED) is 0.367. The first-order valence-electron chi connectivity index (χ1n) is 13.5. The smallest absolute Gasteiger partial charge is 0.254 e. The zero-order valence-electron chi connectivity index (χ0n) is 24.0. The van der Waals surface area contributed by atoms with Gasteiger partial charge in [0.2, 0.25) is 5.91 Å². The van der Waals surface area contributed by atoms with E-state index in [0.717, 1.165) is 36.2 Å². The minimum Gasteiger partial charge on any atom is -0.328 e. The minimum atomic E-state index is -0.258. The highest BCUT2D eigenvalue weighted by Crippen LogP contribution is 2.27. The molecule has 0 radical (unpaired) electrons. The van der Waals surface area contributed by atoms with Gasteiger partial charge in [-0.25, -0.2) is 4.68 Å². The molecule has 0 saturated carbocycles. The number of hydrogen-bond donors (Lipinski definition) is 1. The molecule has 3 aromatic rings. The summed E-state index contributed by atoms with van der Waals surface area (Å²) in [5.74, 6) is 0.188. The SMILES string of the molecule is CCCCc1ccc(C(=O)N(CCN(C)C)CC(=O)Nc2cc(C(C)(C)C)nn2-c2ccccc2C)cc1. The van der Waals surface area contributed by atoms with E-state index in [1.165, 1.54) is 5.56 Å². The van der Waals surface area contributed by atoms with Crippen LogP contribution >= 0.6 is 0 Å². The zero-order chi connectivity index (χ0) is 27.9. The number of aromatic nitrogens is 2. The zero-order valence-corrected chi connectivity index (χ0v) is 24.0. The molecule has 7 nitrogen and oxygen atoms in total. The maximum atomic E-state index is 13.4. The molecule has 1 N–H and O–H groups in total. The van der Waals surface area contributed by atoms with Gasteiger partial charge in [0.1, 0.15) is 12.4 Å².